The summed E-state index contributed by atoms with van der Waals surface area (Å²) in [6.45, 7) is 0.105. The van der Waals surface area contributed by atoms with Crippen LogP contribution < -0.4 is 4.74 Å². The van der Waals surface area contributed by atoms with E-state index in [0.29, 0.717) is 10.2 Å². The molecule has 3 rings (SSSR count). The molecule has 3 aromatic rings. The van der Waals surface area contributed by atoms with Gasteiger partial charge < -0.3 is 14.3 Å². The summed E-state index contributed by atoms with van der Waals surface area (Å²) >= 11 is 4.00. The lowest BCUT2D eigenvalue weighted by Gasteiger charge is -2.02. The summed E-state index contributed by atoms with van der Waals surface area (Å²) in [5, 5.41) is 17.1. The quantitative estimate of drug-likeness (QED) is 0.639. The first-order chi connectivity index (χ1) is 11.6. The van der Waals surface area contributed by atoms with Crippen molar-refractivity contribution in [2.45, 2.75) is 11.8 Å². The van der Waals surface area contributed by atoms with Gasteiger partial charge in [0.05, 0.1) is 5.56 Å². The second-order valence-electron chi connectivity index (χ2n) is 4.61. The Morgan fingerprint density at radius 2 is 2.00 bits per heavy atom. The summed E-state index contributed by atoms with van der Waals surface area (Å²) in [5.74, 6) is 0.829. The standard InChI is InChI=1S/C16H11BrN2O4S/c17-10-6-7-13(20)12(8-10)15(21)24-16-19-18-14(23-16)9-22-11-4-2-1-3-5-11/h1-8,20H,9H2. The van der Waals surface area contributed by atoms with Crippen molar-refractivity contribution < 1.29 is 19.1 Å². The zero-order chi connectivity index (χ0) is 16.9. The Hall–Kier alpha value is -2.32. The highest BCUT2D eigenvalue weighted by molar-refractivity contribution is 9.10. The lowest BCUT2D eigenvalue weighted by Crippen LogP contribution is -1.95. The number of hydrogen-bond acceptors (Lipinski definition) is 7. The Balaban J connectivity index is 1.63. The highest BCUT2D eigenvalue weighted by Crippen LogP contribution is 2.29. The first-order valence-corrected chi connectivity index (χ1v) is 8.43. The van der Waals surface area contributed by atoms with E-state index in [2.05, 4.69) is 26.1 Å². The molecule has 0 bridgehead atoms. The minimum Gasteiger partial charge on any atom is -0.507 e. The van der Waals surface area contributed by atoms with Crippen molar-refractivity contribution in [1.29, 1.82) is 0 Å². The number of para-hydroxylation sites is 1. The smallest absolute Gasteiger partial charge is 0.284 e. The number of hydrogen-bond donors (Lipinski definition) is 1. The van der Waals surface area contributed by atoms with E-state index >= 15 is 0 Å². The number of aromatic hydroxyl groups is 1. The summed E-state index contributed by atoms with van der Waals surface area (Å²) in [6.07, 6.45) is 0. The Bertz CT molecular complexity index is 854. The molecule has 6 nitrogen and oxygen atoms in total. The molecule has 24 heavy (non-hydrogen) atoms. The lowest BCUT2D eigenvalue weighted by atomic mass is 10.2. The molecule has 1 aromatic heterocycles. The highest BCUT2D eigenvalue weighted by Gasteiger charge is 2.17. The SMILES string of the molecule is O=C(Sc1nnc(COc2ccccc2)o1)c1cc(Br)ccc1O. The summed E-state index contributed by atoms with van der Waals surface area (Å²) in [5.41, 5.74) is 0.162. The van der Waals surface area contributed by atoms with E-state index in [1.165, 1.54) is 12.1 Å². The van der Waals surface area contributed by atoms with Crippen LogP contribution in [0.1, 0.15) is 16.2 Å². The first-order valence-electron chi connectivity index (χ1n) is 6.83. The van der Waals surface area contributed by atoms with Crippen LogP contribution in [-0.4, -0.2) is 20.4 Å². The Labute approximate surface area is 150 Å². The van der Waals surface area contributed by atoms with Crippen LogP contribution in [0.5, 0.6) is 11.5 Å². The van der Waals surface area contributed by atoms with Crippen molar-refractivity contribution in [3.05, 3.63) is 64.5 Å². The molecule has 0 aliphatic rings. The number of aromatic nitrogens is 2. The topological polar surface area (TPSA) is 85.5 Å². The fourth-order valence-corrected chi connectivity index (χ4v) is 2.82. The van der Waals surface area contributed by atoms with Crippen LogP contribution in [0.2, 0.25) is 0 Å². The molecule has 0 saturated heterocycles. The third-order valence-corrected chi connectivity index (χ3v) is 4.15. The number of halogens is 1. The third kappa shape index (κ3) is 4.15. The molecule has 0 fully saturated rings. The first kappa shape index (κ1) is 16.5. The monoisotopic (exact) mass is 406 g/mol. The summed E-state index contributed by atoms with van der Waals surface area (Å²) < 4.78 is 11.5. The van der Waals surface area contributed by atoms with Gasteiger partial charge in [0.25, 0.3) is 11.1 Å². The zero-order valence-electron chi connectivity index (χ0n) is 12.2. The predicted molar refractivity (Wildman–Crippen MR) is 91.1 cm³/mol. The molecule has 122 valence electrons. The van der Waals surface area contributed by atoms with Crippen molar-refractivity contribution >= 4 is 32.8 Å². The van der Waals surface area contributed by atoms with Gasteiger partial charge in [-0.3, -0.25) is 4.79 Å². The molecular weight excluding hydrogens is 396 g/mol. The zero-order valence-corrected chi connectivity index (χ0v) is 14.6. The van der Waals surface area contributed by atoms with Gasteiger partial charge in [0.2, 0.25) is 5.12 Å². The van der Waals surface area contributed by atoms with Crippen LogP contribution in [0.25, 0.3) is 0 Å². The van der Waals surface area contributed by atoms with Crippen molar-refractivity contribution in [1.82, 2.24) is 10.2 Å². The van der Waals surface area contributed by atoms with Gasteiger partial charge in [-0.15, -0.1) is 10.2 Å². The van der Waals surface area contributed by atoms with Crippen LogP contribution in [0.15, 0.2) is 62.6 Å². The Morgan fingerprint density at radius 1 is 1.21 bits per heavy atom. The number of rotatable bonds is 5. The molecule has 0 radical (unpaired) electrons. The maximum atomic E-state index is 12.2. The van der Waals surface area contributed by atoms with Gasteiger partial charge >= 0.3 is 0 Å². The number of carbonyl (C=O) groups is 1. The fraction of sp³-hybridized carbons (Fsp3) is 0.0625. The molecule has 1 heterocycles. The van der Waals surface area contributed by atoms with Crippen molar-refractivity contribution in [3.8, 4) is 11.5 Å². The number of thioether (sulfide) groups is 1. The molecule has 0 unspecified atom stereocenters. The van der Waals surface area contributed by atoms with Gasteiger partial charge in [0.15, 0.2) is 6.61 Å². The number of phenols is 1. The van der Waals surface area contributed by atoms with Crippen LogP contribution in [-0.2, 0) is 6.61 Å². The van der Waals surface area contributed by atoms with Crippen LogP contribution in [0.4, 0.5) is 0 Å². The molecule has 0 amide bonds. The average Bonchev–Trinajstić information content (AvgIpc) is 3.03. The molecule has 0 atom stereocenters. The van der Waals surface area contributed by atoms with Gasteiger partial charge in [-0.25, -0.2) is 0 Å². The number of ether oxygens (including phenoxy) is 1. The summed E-state index contributed by atoms with van der Waals surface area (Å²) in [7, 11) is 0. The molecule has 1 N–H and O–H groups in total. The van der Waals surface area contributed by atoms with Gasteiger partial charge in [-0.05, 0) is 30.3 Å². The third-order valence-electron chi connectivity index (χ3n) is 2.91. The van der Waals surface area contributed by atoms with E-state index in [1.807, 2.05) is 30.3 Å². The van der Waals surface area contributed by atoms with Crippen LogP contribution in [0, 0.1) is 0 Å². The number of phenolic OH excluding ortho intramolecular Hbond substituents is 1. The van der Waals surface area contributed by atoms with E-state index in [4.69, 9.17) is 9.15 Å². The molecule has 0 saturated carbocycles. The van der Waals surface area contributed by atoms with E-state index in [9.17, 15) is 9.90 Å². The van der Waals surface area contributed by atoms with Crippen molar-refractivity contribution in [2.24, 2.45) is 0 Å². The predicted octanol–water partition coefficient (Wildman–Crippen LogP) is 4.05. The Morgan fingerprint density at radius 3 is 2.79 bits per heavy atom. The summed E-state index contributed by atoms with van der Waals surface area (Å²) in [6, 6.07) is 13.8. The van der Waals surface area contributed by atoms with Crippen molar-refractivity contribution in [2.75, 3.05) is 0 Å². The molecule has 0 aliphatic heterocycles. The maximum absolute atomic E-state index is 12.2. The van der Waals surface area contributed by atoms with E-state index < -0.39 is 5.12 Å². The normalized spacial score (nSPS) is 10.5. The maximum Gasteiger partial charge on any atom is 0.284 e. The van der Waals surface area contributed by atoms with Gasteiger partial charge in [0.1, 0.15) is 11.5 Å². The average molecular weight is 407 g/mol. The number of carbonyl (C=O) groups excluding carboxylic acids is 1. The second kappa shape index (κ2) is 7.50. The van der Waals surface area contributed by atoms with Gasteiger partial charge in [0, 0.05) is 16.2 Å². The van der Waals surface area contributed by atoms with Gasteiger partial charge in [-0.2, -0.15) is 0 Å². The molecule has 0 spiro atoms. The minimum atomic E-state index is -0.395. The molecule has 0 aliphatic carbocycles. The van der Waals surface area contributed by atoms with E-state index in [0.717, 1.165) is 11.8 Å². The largest absolute Gasteiger partial charge is 0.507 e. The fourth-order valence-electron chi connectivity index (χ4n) is 1.81. The molecule has 2 aromatic carbocycles. The highest BCUT2D eigenvalue weighted by atomic mass is 79.9. The minimum absolute atomic E-state index is 0.0889. The lowest BCUT2D eigenvalue weighted by molar-refractivity contribution is 0.108. The number of benzene rings is 2. The van der Waals surface area contributed by atoms with Crippen LogP contribution in [0.3, 0.4) is 0 Å². The van der Waals surface area contributed by atoms with Crippen LogP contribution >= 0.6 is 27.7 Å². The van der Waals surface area contributed by atoms with Gasteiger partial charge in [-0.1, -0.05) is 34.1 Å². The van der Waals surface area contributed by atoms with E-state index in [-0.39, 0.29) is 29.0 Å². The van der Waals surface area contributed by atoms with Crippen molar-refractivity contribution in [3.63, 3.8) is 0 Å². The Kier molecular flexibility index (Phi) is 5.17. The molecule has 8 heteroatoms. The molecular formula is C16H11BrN2O4S. The summed E-state index contributed by atoms with van der Waals surface area (Å²) in [4.78, 5) is 12.2. The van der Waals surface area contributed by atoms with E-state index in [1.54, 1.807) is 6.07 Å². The number of nitrogens with zero attached hydrogens (tertiary/aromatic N) is 2. The second-order valence-corrected chi connectivity index (χ2v) is 6.45.